The van der Waals surface area contributed by atoms with Gasteiger partial charge in [0.1, 0.15) is 6.04 Å². The smallest absolute Gasteiger partial charge is 0.251 e. The first-order valence-corrected chi connectivity index (χ1v) is 8.09. The number of carbonyl (C=O) groups excluding carboxylic acids is 2. The number of carbonyl (C=O) groups is 2. The van der Waals surface area contributed by atoms with Gasteiger partial charge in [-0.05, 0) is 44.4 Å². The Morgan fingerprint density at radius 1 is 1.15 bits per heavy atom. The summed E-state index contributed by atoms with van der Waals surface area (Å²) in [4.78, 5) is 24.2. The third-order valence-electron chi connectivity index (χ3n) is 2.70. The zero-order chi connectivity index (χ0) is 15.0. The van der Waals surface area contributed by atoms with Crippen LogP contribution in [0.2, 0.25) is 0 Å². The SMILES string of the molecule is CSCC[C@@H](NC(=O)c1ccccc1)C(=O)NC(C)C. The van der Waals surface area contributed by atoms with Crippen molar-refractivity contribution < 1.29 is 9.59 Å². The molecule has 0 saturated heterocycles. The van der Waals surface area contributed by atoms with Gasteiger partial charge in [-0.2, -0.15) is 11.8 Å². The van der Waals surface area contributed by atoms with E-state index in [0.717, 1.165) is 5.75 Å². The Balaban J connectivity index is 2.68. The number of hydrogen-bond acceptors (Lipinski definition) is 3. The molecule has 0 fully saturated rings. The zero-order valence-electron chi connectivity index (χ0n) is 12.2. The molecule has 0 aromatic heterocycles. The largest absolute Gasteiger partial charge is 0.352 e. The number of amides is 2. The molecule has 4 nitrogen and oxygen atoms in total. The molecule has 1 aromatic carbocycles. The maximum Gasteiger partial charge on any atom is 0.251 e. The average molecular weight is 294 g/mol. The van der Waals surface area contributed by atoms with Gasteiger partial charge in [0.25, 0.3) is 5.91 Å². The summed E-state index contributed by atoms with van der Waals surface area (Å²) < 4.78 is 0. The highest BCUT2D eigenvalue weighted by Gasteiger charge is 2.21. The van der Waals surface area contributed by atoms with Crippen molar-refractivity contribution in [3.05, 3.63) is 35.9 Å². The normalized spacial score (nSPS) is 12.0. The summed E-state index contributed by atoms with van der Waals surface area (Å²) in [6, 6.07) is 8.52. The number of thioether (sulfide) groups is 1. The van der Waals surface area contributed by atoms with E-state index < -0.39 is 6.04 Å². The van der Waals surface area contributed by atoms with E-state index in [9.17, 15) is 9.59 Å². The molecule has 0 radical (unpaired) electrons. The molecule has 0 unspecified atom stereocenters. The first-order valence-electron chi connectivity index (χ1n) is 6.69. The minimum atomic E-state index is -0.488. The van der Waals surface area contributed by atoms with E-state index >= 15 is 0 Å². The van der Waals surface area contributed by atoms with Crippen LogP contribution in [-0.2, 0) is 4.79 Å². The van der Waals surface area contributed by atoms with E-state index in [4.69, 9.17) is 0 Å². The Kier molecular flexibility index (Phi) is 7.15. The highest BCUT2D eigenvalue weighted by atomic mass is 32.2. The van der Waals surface area contributed by atoms with Crippen LogP contribution in [0.5, 0.6) is 0 Å². The van der Waals surface area contributed by atoms with Crippen LogP contribution in [0.4, 0.5) is 0 Å². The number of hydrogen-bond donors (Lipinski definition) is 2. The van der Waals surface area contributed by atoms with Crippen molar-refractivity contribution in [3.8, 4) is 0 Å². The van der Waals surface area contributed by atoms with Gasteiger partial charge in [-0.3, -0.25) is 9.59 Å². The molecular weight excluding hydrogens is 272 g/mol. The molecule has 1 aromatic rings. The molecule has 0 saturated carbocycles. The third-order valence-corrected chi connectivity index (χ3v) is 3.34. The third kappa shape index (κ3) is 5.65. The monoisotopic (exact) mass is 294 g/mol. The van der Waals surface area contributed by atoms with E-state index in [1.807, 2.05) is 26.2 Å². The van der Waals surface area contributed by atoms with Crippen LogP contribution < -0.4 is 10.6 Å². The topological polar surface area (TPSA) is 58.2 Å². The van der Waals surface area contributed by atoms with Gasteiger partial charge in [-0.25, -0.2) is 0 Å². The molecule has 0 aliphatic carbocycles. The lowest BCUT2D eigenvalue weighted by Crippen LogP contribution is -2.48. The Bertz CT molecular complexity index is 435. The highest BCUT2D eigenvalue weighted by molar-refractivity contribution is 7.98. The number of benzene rings is 1. The molecule has 1 rings (SSSR count). The molecule has 0 spiro atoms. The van der Waals surface area contributed by atoms with Crippen LogP contribution in [0.1, 0.15) is 30.6 Å². The predicted molar refractivity (Wildman–Crippen MR) is 84.0 cm³/mol. The van der Waals surface area contributed by atoms with Crippen molar-refractivity contribution in [2.24, 2.45) is 0 Å². The Morgan fingerprint density at radius 2 is 1.80 bits per heavy atom. The van der Waals surface area contributed by atoms with Gasteiger partial charge in [0.15, 0.2) is 0 Å². The second-order valence-electron chi connectivity index (χ2n) is 4.84. The first kappa shape index (κ1) is 16.6. The van der Waals surface area contributed by atoms with E-state index in [1.54, 1.807) is 36.0 Å². The Morgan fingerprint density at radius 3 is 2.35 bits per heavy atom. The van der Waals surface area contributed by atoms with E-state index in [0.29, 0.717) is 12.0 Å². The van der Waals surface area contributed by atoms with Gasteiger partial charge in [0, 0.05) is 11.6 Å². The van der Waals surface area contributed by atoms with Gasteiger partial charge in [-0.1, -0.05) is 18.2 Å². The minimum absolute atomic E-state index is 0.0629. The molecule has 0 aliphatic heterocycles. The molecule has 2 N–H and O–H groups in total. The summed E-state index contributed by atoms with van der Waals surface area (Å²) in [6.07, 6.45) is 2.61. The summed E-state index contributed by atoms with van der Waals surface area (Å²) in [5.41, 5.74) is 0.569. The van der Waals surface area contributed by atoms with Gasteiger partial charge in [0.2, 0.25) is 5.91 Å². The molecule has 1 atom stereocenters. The summed E-state index contributed by atoms with van der Waals surface area (Å²) in [5, 5.41) is 5.65. The summed E-state index contributed by atoms with van der Waals surface area (Å²) >= 11 is 1.66. The van der Waals surface area contributed by atoms with Crippen molar-refractivity contribution in [2.45, 2.75) is 32.4 Å². The number of nitrogens with one attached hydrogen (secondary N) is 2. The predicted octanol–water partition coefficient (Wildman–Crippen LogP) is 2.06. The van der Waals surface area contributed by atoms with Crippen LogP contribution in [-0.4, -0.2) is 35.9 Å². The second-order valence-corrected chi connectivity index (χ2v) is 5.82. The quantitative estimate of drug-likeness (QED) is 0.809. The summed E-state index contributed by atoms with van der Waals surface area (Å²) in [5.74, 6) is 0.486. The lowest BCUT2D eigenvalue weighted by molar-refractivity contribution is -0.123. The van der Waals surface area contributed by atoms with Crippen LogP contribution in [0.3, 0.4) is 0 Å². The first-order chi connectivity index (χ1) is 9.54. The molecule has 20 heavy (non-hydrogen) atoms. The van der Waals surface area contributed by atoms with Crippen LogP contribution >= 0.6 is 11.8 Å². The second kappa shape index (κ2) is 8.64. The highest BCUT2D eigenvalue weighted by Crippen LogP contribution is 2.04. The number of rotatable bonds is 7. The Labute approximate surface area is 124 Å². The fourth-order valence-corrected chi connectivity index (χ4v) is 2.19. The molecule has 0 aliphatic rings. The molecule has 2 amide bonds. The molecular formula is C15H22N2O2S. The van der Waals surface area contributed by atoms with Gasteiger partial charge in [0.05, 0.1) is 0 Å². The van der Waals surface area contributed by atoms with Gasteiger partial charge in [-0.15, -0.1) is 0 Å². The lowest BCUT2D eigenvalue weighted by atomic mass is 10.1. The van der Waals surface area contributed by atoms with Crippen molar-refractivity contribution in [1.82, 2.24) is 10.6 Å². The molecule has 0 bridgehead atoms. The van der Waals surface area contributed by atoms with Crippen molar-refractivity contribution >= 4 is 23.6 Å². The summed E-state index contributed by atoms with van der Waals surface area (Å²) in [6.45, 7) is 3.81. The summed E-state index contributed by atoms with van der Waals surface area (Å²) in [7, 11) is 0. The average Bonchev–Trinajstić information content (AvgIpc) is 2.43. The fraction of sp³-hybridized carbons (Fsp3) is 0.467. The van der Waals surface area contributed by atoms with Crippen molar-refractivity contribution in [3.63, 3.8) is 0 Å². The van der Waals surface area contributed by atoms with E-state index in [-0.39, 0.29) is 17.9 Å². The maximum atomic E-state index is 12.1. The lowest BCUT2D eigenvalue weighted by Gasteiger charge is -2.19. The van der Waals surface area contributed by atoms with Crippen LogP contribution in [0.25, 0.3) is 0 Å². The Hall–Kier alpha value is -1.49. The molecule has 110 valence electrons. The van der Waals surface area contributed by atoms with Crippen LogP contribution in [0.15, 0.2) is 30.3 Å². The molecule has 0 heterocycles. The van der Waals surface area contributed by atoms with Crippen LogP contribution in [0, 0.1) is 0 Å². The minimum Gasteiger partial charge on any atom is -0.352 e. The van der Waals surface area contributed by atoms with Crippen molar-refractivity contribution in [1.29, 1.82) is 0 Å². The fourth-order valence-electron chi connectivity index (χ4n) is 1.72. The zero-order valence-corrected chi connectivity index (χ0v) is 13.0. The molecule has 5 heteroatoms. The van der Waals surface area contributed by atoms with Gasteiger partial charge >= 0.3 is 0 Å². The van der Waals surface area contributed by atoms with Gasteiger partial charge < -0.3 is 10.6 Å². The van der Waals surface area contributed by atoms with Crippen molar-refractivity contribution in [2.75, 3.05) is 12.0 Å². The maximum absolute atomic E-state index is 12.1. The van der Waals surface area contributed by atoms with E-state index in [2.05, 4.69) is 10.6 Å². The van der Waals surface area contributed by atoms with E-state index in [1.165, 1.54) is 0 Å². The standard InChI is InChI=1S/C15H22N2O2S/c1-11(2)16-15(19)13(9-10-20-3)17-14(18)12-7-5-4-6-8-12/h4-8,11,13H,9-10H2,1-3H3,(H,16,19)(H,17,18)/t13-/m1/s1.